The molecule has 0 aliphatic heterocycles. The third-order valence-corrected chi connectivity index (χ3v) is 4.38. The second-order valence-electron chi connectivity index (χ2n) is 5.16. The van der Waals surface area contributed by atoms with E-state index < -0.39 is 0 Å². The van der Waals surface area contributed by atoms with E-state index in [1.54, 1.807) is 7.05 Å². The highest BCUT2D eigenvalue weighted by atomic mass is 79.9. The van der Waals surface area contributed by atoms with Crippen LogP contribution in [-0.2, 0) is 7.05 Å². The Kier molecular flexibility index (Phi) is 3.47. The Labute approximate surface area is 130 Å². The number of rotatable bonds is 2. The number of oxazole rings is 1. The van der Waals surface area contributed by atoms with Crippen LogP contribution in [0.15, 0.2) is 50.1 Å². The molecule has 1 atom stereocenters. The molecule has 0 saturated carbocycles. The number of halogens is 1. The predicted octanol–water partition coefficient (Wildman–Crippen LogP) is 3.25. The standard InChI is InChI=1S/C16H15BrN2O2/c1-9-3-5-12(17)11(7-9)15(18)10-4-6-13-14(8-10)21-16(20)19(13)2/h3-8,15H,18H2,1-2H3. The van der Waals surface area contributed by atoms with Crippen molar-refractivity contribution < 1.29 is 4.42 Å². The molecule has 0 spiro atoms. The number of hydrogen-bond donors (Lipinski definition) is 1. The minimum Gasteiger partial charge on any atom is -0.408 e. The van der Waals surface area contributed by atoms with Crippen LogP contribution in [0.5, 0.6) is 0 Å². The first kappa shape index (κ1) is 14.1. The summed E-state index contributed by atoms with van der Waals surface area (Å²) in [5.74, 6) is -0.368. The lowest BCUT2D eigenvalue weighted by Crippen LogP contribution is -2.12. The summed E-state index contributed by atoms with van der Waals surface area (Å²) in [5.41, 5.74) is 10.7. The fraction of sp³-hybridized carbons (Fsp3) is 0.188. The maximum atomic E-state index is 11.5. The zero-order valence-corrected chi connectivity index (χ0v) is 13.3. The van der Waals surface area contributed by atoms with Gasteiger partial charge < -0.3 is 10.2 Å². The molecule has 0 radical (unpaired) electrons. The topological polar surface area (TPSA) is 61.2 Å². The fourth-order valence-corrected chi connectivity index (χ4v) is 2.92. The van der Waals surface area contributed by atoms with Gasteiger partial charge in [0.05, 0.1) is 11.6 Å². The molecule has 0 aliphatic carbocycles. The van der Waals surface area contributed by atoms with Crippen molar-refractivity contribution in [2.24, 2.45) is 12.8 Å². The second-order valence-corrected chi connectivity index (χ2v) is 6.01. The molecule has 0 bridgehead atoms. The Bertz CT molecular complexity index is 880. The number of aromatic nitrogens is 1. The first-order valence-corrected chi connectivity index (χ1v) is 7.38. The molecule has 0 saturated heterocycles. The number of aryl methyl sites for hydroxylation is 2. The molecule has 5 heteroatoms. The second kappa shape index (κ2) is 5.16. The van der Waals surface area contributed by atoms with E-state index >= 15 is 0 Å². The monoisotopic (exact) mass is 346 g/mol. The number of nitrogens with zero attached hydrogens (tertiary/aromatic N) is 1. The van der Waals surface area contributed by atoms with Crippen molar-refractivity contribution in [2.45, 2.75) is 13.0 Å². The zero-order valence-electron chi connectivity index (χ0n) is 11.8. The van der Waals surface area contributed by atoms with Crippen LogP contribution in [-0.4, -0.2) is 4.57 Å². The molecular formula is C16H15BrN2O2. The van der Waals surface area contributed by atoms with Crippen LogP contribution in [0.1, 0.15) is 22.7 Å². The lowest BCUT2D eigenvalue weighted by Gasteiger charge is -2.15. The first-order valence-electron chi connectivity index (χ1n) is 6.58. The normalized spacial score (nSPS) is 12.8. The van der Waals surface area contributed by atoms with Gasteiger partial charge in [0.15, 0.2) is 5.58 Å². The van der Waals surface area contributed by atoms with Gasteiger partial charge in [-0.15, -0.1) is 0 Å². The van der Waals surface area contributed by atoms with Crippen LogP contribution in [0, 0.1) is 6.92 Å². The average molecular weight is 347 g/mol. The van der Waals surface area contributed by atoms with Crippen molar-refractivity contribution in [1.82, 2.24) is 4.57 Å². The van der Waals surface area contributed by atoms with E-state index in [1.165, 1.54) is 4.57 Å². The van der Waals surface area contributed by atoms with Crippen LogP contribution < -0.4 is 11.5 Å². The number of nitrogens with two attached hydrogens (primary N) is 1. The molecule has 0 aliphatic rings. The van der Waals surface area contributed by atoms with Crippen LogP contribution in [0.3, 0.4) is 0 Å². The summed E-state index contributed by atoms with van der Waals surface area (Å²) >= 11 is 3.54. The van der Waals surface area contributed by atoms with Crippen molar-refractivity contribution in [2.75, 3.05) is 0 Å². The van der Waals surface area contributed by atoms with E-state index in [2.05, 4.69) is 22.0 Å². The Balaban J connectivity index is 2.11. The summed E-state index contributed by atoms with van der Waals surface area (Å²) in [4.78, 5) is 11.5. The van der Waals surface area contributed by atoms with Gasteiger partial charge in [0.2, 0.25) is 0 Å². The number of fused-ring (bicyclic) bond motifs is 1. The Morgan fingerprint density at radius 2 is 2.00 bits per heavy atom. The van der Waals surface area contributed by atoms with Crippen LogP contribution in [0.2, 0.25) is 0 Å². The molecule has 1 aromatic heterocycles. The Morgan fingerprint density at radius 3 is 2.76 bits per heavy atom. The highest BCUT2D eigenvalue weighted by molar-refractivity contribution is 9.10. The van der Waals surface area contributed by atoms with Gasteiger partial charge in [-0.05, 0) is 36.2 Å². The summed E-state index contributed by atoms with van der Waals surface area (Å²) in [6.45, 7) is 2.03. The van der Waals surface area contributed by atoms with Gasteiger partial charge in [0.1, 0.15) is 0 Å². The SMILES string of the molecule is Cc1ccc(Br)c(C(N)c2ccc3c(c2)oc(=O)n3C)c1. The van der Waals surface area contributed by atoms with Crippen molar-refractivity contribution in [3.63, 3.8) is 0 Å². The minimum atomic E-state index is -0.368. The van der Waals surface area contributed by atoms with Crippen molar-refractivity contribution >= 4 is 27.0 Å². The van der Waals surface area contributed by atoms with Crippen LogP contribution >= 0.6 is 15.9 Å². The number of hydrogen-bond acceptors (Lipinski definition) is 3. The molecule has 108 valence electrons. The minimum absolute atomic E-state index is 0.283. The Hall–Kier alpha value is -1.85. The lowest BCUT2D eigenvalue weighted by molar-refractivity contribution is 0.527. The molecule has 1 unspecified atom stereocenters. The van der Waals surface area contributed by atoms with Gasteiger partial charge in [-0.3, -0.25) is 4.57 Å². The molecule has 21 heavy (non-hydrogen) atoms. The average Bonchev–Trinajstić information content (AvgIpc) is 2.75. The van der Waals surface area contributed by atoms with E-state index in [-0.39, 0.29) is 11.8 Å². The maximum Gasteiger partial charge on any atom is 0.419 e. The van der Waals surface area contributed by atoms with Gasteiger partial charge in [0, 0.05) is 11.5 Å². The van der Waals surface area contributed by atoms with Gasteiger partial charge in [-0.25, -0.2) is 4.79 Å². The molecule has 3 rings (SSSR count). The van der Waals surface area contributed by atoms with E-state index in [1.807, 2.05) is 37.3 Å². The summed E-state index contributed by atoms with van der Waals surface area (Å²) in [6.07, 6.45) is 0. The molecule has 0 fully saturated rings. The molecule has 3 aromatic rings. The van der Waals surface area contributed by atoms with E-state index in [0.717, 1.165) is 26.7 Å². The molecule has 0 amide bonds. The summed E-state index contributed by atoms with van der Waals surface area (Å²) in [6, 6.07) is 11.4. The lowest BCUT2D eigenvalue weighted by atomic mass is 9.98. The highest BCUT2D eigenvalue weighted by Gasteiger charge is 2.15. The first-order chi connectivity index (χ1) is 9.97. The smallest absolute Gasteiger partial charge is 0.408 e. The fourth-order valence-electron chi connectivity index (χ4n) is 2.42. The molecule has 4 nitrogen and oxygen atoms in total. The third kappa shape index (κ3) is 2.43. The Morgan fingerprint density at radius 1 is 1.24 bits per heavy atom. The van der Waals surface area contributed by atoms with Crippen molar-refractivity contribution in [3.8, 4) is 0 Å². The van der Waals surface area contributed by atoms with Gasteiger partial charge in [0.25, 0.3) is 0 Å². The molecular weight excluding hydrogens is 332 g/mol. The van der Waals surface area contributed by atoms with Crippen LogP contribution in [0.4, 0.5) is 0 Å². The summed E-state index contributed by atoms with van der Waals surface area (Å²) in [5, 5.41) is 0. The van der Waals surface area contributed by atoms with E-state index in [9.17, 15) is 4.79 Å². The number of benzene rings is 2. The highest BCUT2D eigenvalue weighted by Crippen LogP contribution is 2.29. The van der Waals surface area contributed by atoms with Crippen LogP contribution in [0.25, 0.3) is 11.1 Å². The quantitative estimate of drug-likeness (QED) is 0.774. The summed E-state index contributed by atoms with van der Waals surface area (Å²) < 4.78 is 7.67. The van der Waals surface area contributed by atoms with E-state index in [0.29, 0.717) is 5.58 Å². The molecule has 1 heterocycles. The predicted molar refractivity (Wildman–Crippen MR) is 86.4 cm³/mol. The van der Waals surface area contributed by atoms with Gasteiger partial charge in [-0.1, -0.05) is 39.7 Å². The van der Waals surface area contributed by atoms with Crippen molar-refractivity contribution in [1.29, 1.82) is 0 Å². The third-order valence-electron chi connectivity index (χ3n) is 3.66. The molecule has 2 aromatic carbocycles. The zero-order chi connectivity index (χ0) is 15.1. The van der Waals surface area contributed by atoms with Gasteiger partial charge >= 0.3 is 5.76 Å². The summed E-state index contributed by atoms with van der Waals surface area (Å²) in [7, 11) is 1.69. The van der Waals surface area contributed by atoms with E-state index in [4.69, 9.17) is 10.2 Å². The van der Waals surface area contributed by atoms with Crippen molar-refractivity contribution in [3.05, 3.63) is 68.1 Å². The molecule has 2 N–H and O–H groups in total. The maximum absolute atomic E-state index is 11.5. The largest absolute Gasteiger partial charge is 0.419 e. The van der Waals surface area contributed by atoms with Gasteiger partial charge in [-0.2, -0.15) is 0 Å².